The van der Waals surface area contributed by atoms with Crippen LogP contribution in [0.1, 0.15) is 30.6 Å². The second-order valence-corrected chi connectivity index (χ2v) is 7.17. The average molecular weight is 360 g/mol. The van der Waals surface area contributed by atoms with Gasteiger partial charge in [0.15, 0.2) is 0 Å². The van der Waals surface area contributed by atoms with Crippen molar-refractivity contribution in [3.05, 3.63) is 20.8 Å². The summed E-state index contributed by atoms with van der Waals surface area (Å²) in [5, 5.41) is 11.2. The molecule has 0 aromatic carbocycles. The van der Waals surface area contributed by atoms with Crippen LogP contribution in [0.3, 0.4) is 0 Å². The molecule has 0 radical (unpaired) electrons. The molecule has 1 saturated carbocycles. The fourth-order valence-electron chi connectivity index (χ4n) is 2.75. The molecule has 6 heteroatoms. The number of thiophene rings is 1. The van der Waals surface area contributed by atoms with Crippen LogP contribution in [0.15, 0.2) is 15.9 Å². The lowest BCUT2D eigenvalue weighted by molar-refractivity contribution is -0.152. The molecule has 1 amide bonds. The number of carboxylic acid groups (broad SMARTS) is 1. The van der Waals surface area contributed by atoms with Crippen LogP contribution in [0.4, 0.5) is 0 Å². The number of carbonyl (C=O) groups is 2. The van der Waals surface area contributed by atoms with E-state index in [-0.39, 0.29) is 11.8 Å². The Morgan fingerprint density at radius 3 is 2.60 bits per heavy atom. The highest BCUT2D eigenvalue weighted by molar-refractivity contribution is 9.10. The molecule has 20 heavy (non-hydrogen) atoms. The van der Waals surface area contributed by atoms with Gasteiger partial charge in [-0.3, -0.25) is 9.59 Å². The van der Waals surface area contributed by atoms with Crippen LogP contribution >= 0.6 is 27.3 Å². The monoisotopic (exact) mass is 359 g/mol. The predicted molar refractivity (Wildman–Crippen MR) is 81.6 cm³/mol. The van der Waals surface area contributed by atoms with Crippen molar-refractivity contribution in [1.29, 1.82) is 0 Å². The molecular formula is C14H18BrNO3S. The molecule has 0 bridgehead atoms. The second-order valence-electron chi connectivity index (χ2n) is 5.26. The van der Waals surface area contributed by atoms with Crippen LogP contribution in [-0.4, -0.2) is 28.9 Å². The summed E-state index contributed by atoms with van der Waals surface area (Å²) in [6.45, 7) is 0.540. The van der Waals surface area contributed by atoms with Gasteiger partial charge in [0.05, 0.1) is 18.4 Å². The first kappa shape index (κ1) is 15.5. The summed E-state index contributed by atoms with van der Waals surface area (Å²) < 4.78 is 1.01. The molecule has 0 aliphatic heterocycles. The van der Waals surface area contributed by atoms with Gasteiger partial charge in [0.2, 0.25) is 5.91 Å². The van der Waals surface area contributed by atoms with Crippen molar-refractivity contribution in [2.24, 2.45) is 11.8 Å². The van der Waals surface area contributed by atoms with Crippen LogP contribution in [0.25, 0.3) is 0 Å². The van der Waals surface area contributed by atoms with Gasteiger partial charge in [-0.15, -0.1) is 11.3 Å². The topological polar surface area (TPSA) is 57.6 Å². The van der Waals surface area contributed by atoms with Gasteiger partial charge in [-0.2, -0.15) is 0 Å². The molecule has 1 aromatic rings. The van der Waals surface area contributed by atoms with Gasteiger partial charge >= 0.3 is 5.97 Å². The minimum absolute atomic E-state index is 0.0402. The van der Waals surface area contributed by atoms with Crippen LogP contribution in [0.2, 0.25) is 0 Å². The van der Waals surface area contributed by atoms with E-state index >= 15 is 0 Å². The highest BCUT2D eigenvalue weighted by Gasteiger charge is 2.37. The van der Waals surface area contributed by atoms with E-state index in [9.17, 15) is 14.7 Å². The molecule has 2 atom stereocenters. The Labute approximate surface area is 130 Å². The number of amides is 1. The molecule has 1 aromatic heterocycles. The zero-order valence-corrected chi connectivity index (χ0v) is 13.7. The Balaban J connectivity index is 2.02. The van der Waals surface area contributed by atoms with E-state index < -0.39 is 11.9 Å². The molecule has 1 aliphatic rings. The van der Waals surface area contributed by atoms with Crippen LogP contribution in [0, 0.1) is 11.8 Å². The van der Waals surface area contributed by atoms with E-state index in [4.69, 9.17) is 0 Å². The fourth-order valence-corrected chi connectivity index (χ4v) is 4.26. The molecule has 1 N–H and O–H groups in total. The van der Waals surface area contributed by atoms with E-state index in [1.165, 1.54) is 0 Å². The largest absolute Gasteiger partial charge is 0.481 e. The summed E-state index contributed by atoms with van der Waals surface area (Å²) >= 11 is 4.99. The highest BCUT2D eigenvalue weighted by atomic mass is 79.9. The predicted octanol–water partition coefficient (Wildman–Crippen LogP) is 3.36. The summed E-state index contributed by atoms with van der Waals surface area (Å²) in [4.78, 5) is 26.5. The maximum absolute atomic E-state index is 12.5. The number of hydrogen-bond acceptors (Lipinski definition) is 3. The molecule has 4 nitrogen and oxygen atoms in total. The Kier molecular flexibility index (Phi) is 5.21. The zero-order chi connectivity index (χ0) is 14.7. The number of nitrogens with zero attached hydrogens (tertiary/aromatic N) is 1. The summed E-state index contributed by atoms with van der Waals surface area (Å²) in [6, 6.07) is 1.99. The fraction of sp³-hybridized carbons (Fsp3) is 0.571. The van der Waals surface area contributed by atoms with E-state index in [1.807, 2.05) is 11.4 Å². The Bertz CT molecular complexity index is 502. The Morgan fingerprint density at radius 2 is 2.05 bits per heavy atom. The number of aliphatic carboxylic acids is 1. The first-order valence-corrected chi connectivity index (χ1v) is 8.37. The number of carboxylic acids is 1. The molecule has 110 valence electrons. The lowest BCUT2D eigenvalue weighted by Gasteiger charge is -2.30. The molecule has 2 rings (SSSR count). The molecule has 1 aliphatic carbocycles. The summed E-state index contributed by atoms with van der Waals surface area (Å²) in [5.41, 5.74) is 0. The van der Waals surface area contributed by atoms with Gasteiger partial charge in [0, 0.05) is 21.8 Å². The number of carbonyl (C=O) groups excluding carboxylic acids is 1. The van der Waals surface area contributed by atoms with Crippen LogP contribution in [-0.2, 0) is 16.1 Å². The molecule has 0 unspecified atom stereocenters. The van der Waals surface area contributed by atoms with Crippen molar-refractivity contribution in [3.63, 3.8) is 0 Å². The lowest BCUT2D eigenvalue weighted by atomic mass is 9.78. The van der Waals surface area contributed by atoms with E-state index in [0.29, 0.717) is 19.4 Å². The minimum Gasteiger partial charge on any atom is -0.481 e. The van der Waals surface area contributed by atoms with E-state index in [1.54, 1.807) is 23.3 Å². The van der Waals surface area contributed by atoms with Gasteiger partial charge in [-0.25, -0.2) is 0 Å². The third kappa shape index (κ3) is 3.61. The van der Waals surface area contributed by atoms with Crippen LogP contribution < -0.4 is 0 Å². The van der Waals surface area contributed by atoms with E-state index in [2.05, 4.69) is 15.9 Å². The van der Waals surface area contributed by atoms with Crippen molar-refractivity contribution in [2.75, 3.05) is 7.05 Å². The molecule has 1 fully saturated rings. The van der Waals surface area contributed by atoms with Gasteiger partial charge in [-0.05, 0) is 34.8 Å². The lowest BCUT2D eigenvalue weighted by Crippen LogP contribution is -2.40. The number of hydrogen-bond donors (Lipinski definition) is 1. The number of rotatable bonds is 4. The third-order valence-electron chi connectivity index (χ3n) is 3.79. The smallest absolute Gasteiger partial charge is 0.307 e. The third-order valence-corrected chi connectivity index (χ3v) is 5.47. The highest BCUT2D eigenvalue weighted by Crippen LogP contribution is 2.32. The van der Waals surface area contributed by atoms with Crippen molar-refractivity contribution in [2.45, 2.75) is 32.2 Å². The van der Waals surface area contributed by atoms with Gasteiger partial charge < -0.3 is 10.0 Å². The maximum Gasteiger partial charge on any atom is 0.307 e. The minimum atomic E-state index is -0.838. The molecular weight excluding hydrogens is 342 g/mol. The zero-order valence-electron chi connectivity index (χ0n) is 11.3. The normalized spacial score (nSPS) is 22.5. The first-order valence-electron chi connectivity index (χ1n) is 6.69. The number of halogens is 1. The van der Waals surface area contributed by atoms with Crippen molar-refractivity contribution in [1.82, 2.24) is 4.90 Å². The van der Waals surface area contributed by atoms with Crippen molar-refractivity contribution in [3.8, 4) is 0 Å². The van der Waals surface area contributed by atoms with Crippen molar-refractivity contribution < 1.29 is 14.7 Å². The second kappa shape index (κ2) is 6.72. The van der Waals surface area contributed by atoms with Crippen LogP contribution in [0.5, 0.6) is 0 Å². The van der Waals surface area contributed by atoms with Gasteiger partial charge in [0.25, 0.3) is 0 Å². The average Bonchev–Trinajstić information content (AvgIpc) is 2.83. The molecule has 1 heterocycles. The molecule has 0 saturated heterocycles. The first-order chi connectivity index (χ1) is 9.49. The SMILES string of the molecule is CN(Cc1cc(Br)cs1)C(=O)[C@@H]1CCCC[C@@H]1C(=O)O. The Hall–Kier alpha value is -0.880. The standard InChI is InChI=1S/C14H18BrNO3S/c1-16(7-10-6-9(15)8-20-10)13(17)11-4-2-3-5-12(11)14(18)19/h6,8,11-12H,2-5,7H2,1H3,(H,18,19)/t11-,12+/m1/s1. The quantitative estimate of drug-likeness (QED) is 0.896. The van der Waals surface area contributed by atoms with Gasteiger partial charge in [-0.1, -0.05) is 12.8 Å². The summed E-state index contributed by atoms with van der Waals surface area (Å²) in [6.07, 6.45) is 3.15. The maximum atomic E-state index is 12.5. The van der Waals surface area contributed by atoms with Gasteiger partial charge in [0.1, 0.15) is 0 Å². The Morgan fingerprint density at radius 1 is 1.40 bits per heavy atom. The van der Waals surface area contributed by atoms with E-state index in [0.717, 1.165) is 22.2 Å². The summed E-state index contributed by atoms with van der Waals surface area (Å²) in [7, 11) is 1.75. The molecule has 0 spiro atoms. The van der Waals surface area contributed by atoms with Crippen molar-refractivity contribution >= 4 is 39.1 Å². The summed E-state index contributed by atoms with van der Waals surface area (Å²) in [5.74, 6) is -1.76.